The van der Waals surface area contributed by atoms with Crippen molar-refractivity contribution in [3.8, 4) is 12.3 Å². The molecule has 3 heterocycles. The van der Waals surface area contributed by atoms with Crippen molar-refractivity contribution >= 4 is 46.2 Å². The van der Waals surface area contributed by atoms with Gasteiger partial charge in [-0.05, 0) is 24.6 Å². The number of halogens is 1. The second kappa shape index (κ2) is 9.05. The number of aryl methyl sites for hydroxylation is 1. The molecule has 0 spiro atoms. The maximum Gasteiger partial charge on any atom is 0.303 e. The van der Waals surface area contributed by atoms with Crippen LogP contribution in [0.4, 0.5) is 11.5 Å². The highest BCUT2D eigenvalue weighted by Crippen LogP contribution is 2.36. The molecule has 1 aliphatic rings. The number of benzene rings is 1. The summed E-state index contributed by atoms with van der Waals surface area (Å²) in [6.07, 6.45) is 4.55. The van der Waals surface area contributed by atoms with Gasteiger partial charge in [-0.1, -0.05) is 23.6 Å². The minimum Gasteiger partial charge on any atom is -0.455 e. The third-order valence-electron chi connectivity index (χ3n) is 5.04. The van der Waals surface area contributed by atoms with Gasteiger partial charge in [-0.25, -0.2) is 15.0 Å². The van der Waals surface area contributed by atoms with E-state index in [1.165, 1.54) is 26.5 Å². The quantitative estimate of drug-likeness (QED) is 0.444. The van der Waals surface area contributed by atoms with E-state index in [-0.39, 0.29) is 0 Å². The van der Waals surface area contributed by atoms with Crippen molar-refractivity contribution in [2.24, 2.45) is 0 Å². The molecule has 170 valence electrons. The molecule has 0 aliphatic carbocycles. The van der Waals surface area contributed by atoms with Gasteiger partial charge in [-0.15, -0.1) is 6.42 Å². The number of hydrogen-bond donors (Lipinski definition) is 1. The summed E-state index contributed by atoms with van der Waals surface area (Å²) in [6.45, 7) is 4.41. The fraction of sp³-hybridized carbons (Fsp3) is 0.318. The Bertz CT molecular complexity index is 1270. The van der Waals surface area contributed by atoms with Gasteiger partial charge in [0.2, 0.25) is 0 Å². The average Bonchev–Trinajstić information content (AvgIpc) is 3.32. The number of aromatic nitrogens is 4. The largest absolute Gasteiger partial charge is 0.455 e. The molecule has 4 rings (SSSR count). The molecule has 3 aromatic rings. The summed E-state index contributed by atoms with van der Waals surface area (Å²) < 4.78 is 18.2. The van der Waals surface area contributed by atoms with Crippen LogP contribution < -0.4 is 5.32 Å². The molecule has 4 unspecified atom stereocenters. The highest BCUT2D eigenvalue weighted by atomic mass is 35.5. The zero-order chi connectivity index (χ0) is 23.7. The number of terminal acetylenes is 1. The van der Waals surface area contributed by atoms with Crippen molar-refractivity contribution in [2.45, 2.75) is 45.3 Å². The zero-order valence-electron chi connectivity index (χ0n) is 18.0. The summed E-state index contributed by atoms with van der Waals surface area (Å²) in [4.78, 5) is 36.4. The molecule has 4 atom stereocenters. The molecule has 1 saturated heterocycles. The Labute approximate surface area is 194 Å². The first-order valence-electron chi connectivity index (χ1n) is 9.95. The molecule has 11 heteroatoms. The van der Waals surface area contributed by atoms with E-state index in [0.717, 1.165) is 11.3 Å². The number of esters is 2. The standard InChI is InChI=1S/C22H20ClN5O5/c1-5-16-18(31-12(3)29)19(32-13(4)30)22(33-16)28-10-26-17-20(24-9-25-21(17)28)27-15-8-14(23)7-6-11(15)2/h1,6-10,16,18-19,22H,2-4H3,(H,24,25,27). The molecule has 1 aliphatic heterocycles. The lowest BCUT2D eigenvalue weighted by Gasteiger charge is -2.23. The number of nitrogens with one attached hydrogen (secondary N) is 1. The number of imidazole rings is 1. The van der Waals surface area contributed by atoms with Gasteiger partial charge >= 0.3 is 11.9 Å². The van der Waals surface area contributed by atoms with Crippen molar-refractivity contribution < 1.29 is 23.8 Å². The van der Waals surface area contributed by atoms with E-state index in [1.807, 2.05) is 13.0 Å². The Morgan fingerprint density at radius 2 is 1.91 bits per heavy atom. The first-order chi connectivity index (χ1) is 15.8. The number of anilines is 2. The van der Waals surface area contributed by atoms with Crippen molar-refractivity contribution in [2.75, 3.05) is 5.32 Å². The van der Waals surface area contributed by atoms with Gasteiger partial charge in [-0.2, -0.15) is 0 Å². The summed E-state index contributed by atoms with van der Waals surface area (Å²) in [5.74, 6) is 1.71. The van der Waals surface area contributed by atoms with Crippen molar-refractivity contribution in [3.05, 3.63) is 41.4 Å². The van der Waals surface area contributed by atoms with E-state index in [1.54, 1.807) is 16.7 Å². The van der Waals surface area contributed by atoms with Crippen LogP contribution in [-0.2, 0) is 23.8 Å². The maximum atomic E-state index is 11.8. The minimum absolute atomic E-state index is 0.397. The van der Waals surface area contributed by atoms with E-state index in [4.69, 9.17) is 32.2 Å². The van der Waals surface area contributed by atoms with Gasteiger partial charge in [0.05, 0.1) is 6.33 Å². The molecular formula is C22H20ClN5O5. The molecule has 1 N–H and O–H groups in total. The van der Waals surface area contributed by atoms with E-state index >= 15 is 0 Å². The molecule has 0 saturated carbocycles. The molecule has 2 aromatic heterocycles. The minimum atomic E-state index is -1.01. The first-order valence-corrected chi connectivity index (χ1v) is 10.3. The second-order valence-electron chi connectivity index (χ2n) is 7.39. The Morgan fingerprint density at radius 3 is 2.61 bits per heavy atom. The maximum absolute atomic E-state index is 11.8. The van der Waals surface area contributed by atoms with Crippen LogP contribution in [-0.4, -0.2) is 49.8 Å². The zero-order valence-corrected chi connectivity index (χ0v) is 18.7. The lowest BCUT2D eigenvalue weighted by atomic mass is 10.1. The normalized spacial score (nSPS) is 22.0. The van der Waals surface area contributed by atoms with Crippen LogP contribution in [0.3, 0.4) is 0 Å². The molecule has 0 bridgehead atoms. The van der Waals surface area contributed by atoms with Crippen LogP contribution in [0.15, 0.2) is 30.9 Å². The number of rotatable bonds is 5. The number of nitrogens with zero attached hydrogens (tertiary/aromatic N) is 4. The second-order valence-corrected chi connectivity index (χ2v) is 7.83. The Hall–Kier alpha value is -3.68. The summed E-state index contributed by atoms with van der Waals surface area (Å²) in [6, 6.07) is 5.45. The Balaban J connectivity index is 1.74. The molecular weight excluding hydrogens is 450 g/mol. The lowest BCUT2D eigenvalue weighted by Crippen LogP contribution is -2.38. The van der Waals surface area contributed by atoms with Gasteiger partial charge in [0.25, 0.3) is 0 Å². The van der Waals surface area contributed by atoms with E-state index in [9.17, 15) is 9.59 Å². The van der Waals surface area contributed by atoms with Crippen LogP contribution in [0, 0.1) is 19.3 Å². The lowest BCUT2D eigenvalue weighted by molar-refractivity contribution is -0.165. The van der Waals surface area contributed by atoms with Crippen LogP contribution >= 0.6 is 11.6 Å². The van der Waals surface area contributed by atoms with Gasteiger partial charge < -0.3 is 19.5 Å². The summed E-state index contributed by atoms with van der Waals surface area (Å²) >= 11 is 6.12. The highest BCUT2D eigenvalue weighted by Gasteiger charge is 2.50. The number of carbonyl (C=O) groups is 2. The molecule has 1 fully saturated rings. The summed E-state index contributed by atoms with van der Waals surface area (Å²) in [5.41, 5.74) is 2.55. The van der Waals surface area contributed by atoms with Crippen molar-refractivity contribution in [3.63, 3.8) is 0 Å². The molecule has 0 amide bonds. The highest BCUT2D eigenvalue weighted by molar-refractivity contribution is 6.30. The predicted molar refractivity (Wildman–Crippen MR) is 119 cm³/mol. The number of hydrogen-bond acceptors (Lipinski definition) is 9. The van der Waals surface area contributed by atoms with Crippen LogP contribution in [0.5, 0.6) is 0 Å². The fourth-order valence-electron chi connectivity index (χ4n) is 3.62. The Kier molecular flexibility index (Phi) is 6.18. The molecule has 10 nitrogen and oxygen atoms in total. The van der Waals surface area contributed by atoms with Crippen molar-refractivity contribution in [1.82, 2.24) is 19.5 Å². The molecule has 1 aromatic carbocycles. The Morgan fingerprint density at radius 1 is 1.18 bits per heavy atom. The van der Waals surface area contributed by atoms with Gasteiger partial charge in [0.15, 0.2) is 41.5 Å². The van der Waals surface area contributed by atoms with E-state index in [2.05, 4.69) is 26.2 Å². The van der Waals surface area contributed by atoms with Gasteiger partial charge in [0.1, 0.15) is 6.33 Å². The summed E-state index contributed by atoms with van der Waals surface area (Å²) in [5, 5.41) is 3.79. The predicted octanol–water partition coefficient (Wildman–Crippen LogP) is 2.93. The number of ether oxygens (including phenoxy) is 3. The third kappa shape index (κ3) is 4.46. The SMILES string of the molecule is C#CC1OC(n2cnc3c(Nc4cc(Cl)ccc4C)ncnc32)C(OC(C)=O)C1OC(C)=O. The number of fused-ring (bicyclic) bond motifs is 1. The van der Waals surface area contributed by atoms with E-state index < -0.39 is 36.5 Å². The van der Waals surface area contributed by atoms with Crippen LogP contribution in [0.25, 0.3) is 11.2 Å². The summed E-state index contributed by atoms with van der Waals surface area (Å²) in [7, 11) is 0. The fourth-order valence-corrected chi connectivity index (χ4v) is 3.79. The monoisotopic (exact) mass is 469 g/mol. The average molecular weight is 470 g/mol. The van der Waals surface area contributed by atoms with Crippen LogP contribution in [0.1, 0.15) is 25.6 Å². The topological polar surface area (TPSA) is 117 Å². The molecule has 33 heavy (non-hydrogen) atoms. The third-order valence-corrected chi connectivity index (χ3v) is 5.28. The number of carbonyl (C=O) groups excluding carboxylic acids is 2. The van der Waals surface area contributed by atoms with Gasteiger partial charge in [0, 0.05) is 24.6 Å². The van der Waals surface area contributed by atoms with Crippen molar-refractivity contribution in [1.29, 1.82) is 0 Å². The van der Waals surface area contributed by atoms with Gasteiger partial charge in [-0.3, -0.25) is 14.2 Å². The van der Waals surface area contributed by atoms with E-state index in [0.29, 0.717) is 22.0 Å². The smallest absolute Gasteiger partial charge is 0.303 e. The molecule has 0 radical (unpaired) electrons. The van der Waals surface area contributed by atoms with Crippen LogP contribution in [0.2, 0.25) is 5.02 Å². The first kappa shape index (κ1) is 22.5.